The van der Waals surface area contributed by atoms with Gasteiger partial charge in [0, 0.05) is 17.7 Å². The minimum Gasteiger partial charge on any atom is -0.493 e. The Morgan fingerprint density at radius 1 is 0.833 bits per heavy atom. The summed E-state index contributed by atoms with van der Waals surface area (Å²) in [7, 11) is 0. The van der Waals surface area contributed by atoms with Gasteiger partial charge in [0.25, 0.3) is 11.8 Å². The van der Waals surface area contributed by atoms with E-state index in [0.717, 1.165) is 25.7 Å². The van der Waals surface area contributed by atoms with Crippen LogP contribution >= 0.6 is 0 Å². The first kappa shape index (κ1) is 22.9. The zero-order valence-corrected chi connectivity index (χ0v) is 17.5. The molecule has 3 N–H and O–H groups in total. The van der Waals surface area contributed by atoms with Crippen LogP contribution in [-0.2, 0) is 4.79 Å². The van der Waals surface area contributed by atoms with Gasteiger partial charge in [-0.2, -0.15) is 0 Å². The SMILES string of the molecule is CCCCOc1ccccc1C(=O)NNC(=O)c1ccc(NC(=O)CCCC)cc1. The zero-order valence-electron chi connectivity index (χ0n) is 17.5. The van der Waals surface area contributed by atoms with E-state index in [2.05, 4.69) is 23.1 Å². The molecule has 2 aromatic rings. The first-order chi connectivity index (χ1) is 14.5. The summed E-state index contributed by atoms with van der Waals surface area (Å²) < 4.78 is 5.65. The quantitative estimate of drug-likeness (QED) is 0.406. The maximum atomic E-state index is 12.4. The molecular formula is C23H29N3O4. The lowest BCUT2D eigenvalue weighted by atomic mass is 10.2. The van der Waals surface area contributed by atoms with Gasteiger partial charge in [0.2, 0.25) is 5.91 Å². The Hall–Kier alpha value is -3.35. The van der Waals surface area contributed by atoms with Crippen molar-refractivity contribution in [2.24, 2.45) is 0 Å². The molecule has 0 aliphatic rings. The smallest absolute Gasteiger partial charge is 0.273 e. The highest BCUT2D eigenvalue weighted by molar-refractivity contribution is 6.00. The molecule has 30 heavy (non-hydrogen) atoms. The third-order valence-electron chi connectivity index (χ3n) is 4.36. The second-order valence-corrected chi connectivity index (χ2v) is 6.84. The molecule has 0 unspecified atom stereocenters. The Kier molecular flexibility index (Phi) is 9.37. The number of ether oxygens (including phenoxy) is 1. The van der Waals surface area contributed by atoms with Crippen LogP contribution in [0.3, 0.4) is 0 Å². The van der Waals surface area contributed by atoms with Crippen molar-refractivity contribution in [2.75, 3.05) is 11.9 Å². The summed E-state index contributed by atoms with van der Waals surface area (Å²) in [5.41, 5.74) is 6.13. The summed E-state index contributed by atoms with van der Waals surface area (Å²) in [6.45, 7) is 4.61. The van der Waals surface area contributed by atoms with E-state index in [4.69, 9.17) is 4.74 Å². The molecule has 0 fully saturated rings. The number of hydrogen-bond donors (Lipinski definition) is 3. The second-order valence-electron chi connectivity index (χ2n) is 6.84. The van der Waals surface area contributed by atoms with Gasteiger partial charge < -0.3 is 10.1 Å². The Labute approximate surface area is 177 Å². The average Bonchev–Trinajstić information content (AvgIpc) is 2.77. The van der Waals surface area contributed by atoms with Crippen molar-refractivity contribution in [3.05, 3.63) is 59.7 Å². The molecule has 0 saturated heterocycles. The van der Waals surface area contributed by atoms with Crippen LogP contribution in [0, 0.1) is 0 Å². The molecule has 0 spiro atoms. The normalized spacial score (nSPS) is 10.2. The van der Waals surface area contributed by atoms with E-state index in [1.54, 1.807) is 48.5 Å². The van der Waals surface area contributed by atoms with E-state index < -0.39 is 11.8 Å². The highest BCUT2D eigenvalue weighted by atomic mass is 16.5. The predicted octanol–water partition coefficient (Wildman–Crippen LogP) is 4.07. The highest BCUT2D eigenvalue weighted by Gasteiger charge is 2.14. The minimum absolute atomic E-state index is 0.0545. The fourth-order valence-corrected chi connectivity index (χ4v) is 2.63. The fourth-order valence-electron chi connectivity index (χ4n) is 2.63. The number of benzene rings is 2. The number of anilines is 1. The van der Waals surface area contributed by atoms with Gasteiger partial charge in [-0.3, -0.25) is 25.2 Å². The fraction of sp³-hybridized carbons (Fsp3) is 0.348. The Bertz CT molecular complexity index is 850. The van der Waals surface area contributed by atoms with Gasteiger partial charge >= 0.3 is 0 Å². The molecule has 0 heterocycles. The average molecular weight is 412 g/mol. The Morgan fingerprint density at radius 2 is 1.50 bits per heavy atom. The molecule has 0 atom stereocenters. The number of nitrogens with one attached hydrogen (secondary N) is 3. The summed E-state index contributed by atoms with van der Waals surface area (Å²) in [6.07, 6.45) is 4.13. The van der Waals surface area contributed by atoms with Crippen molar-refractivity contribution >= 4 is 23.4 Å². The summed E-state index contributed by atoms with van der Waals surface area (Å²) in [5.74, 6) is -0.506. The molecular weight excluding hydrogens is 382 g/mol. The van der Waals surface area contributed by atoms with Crippen LogP contribution in [0.5, 0.6) is 5.75 Å². The highest BCUT2D eigenvalue weighted by Crippen LogP contribution is 2.18. The van der Waals surface area contributed by atoms with E-state index >= 15 is 0 Å². The number of amides is 3. The van der Waals surface area contributed by atoms with E-state index in [1.807, 2.05) is 6.92 Å². The van der Waals surface area contributed by atoms with E-state index in [1.165, 1.54) is 0 Å². The summed E-state index contributed by atoms with van der Waals surface area (Å²) >= 11 is 0. The predicted molar refractivity (Wildman–Crippen MR) is 116 cm³/mol. The van der Waals surface area contributed by atoms with Crippen LogP contribution in [0.25, 0.3) is 0 Å². The van der Waals surface area contributed by atoms with Gasteiger partial charge in [0.05, 0.1) is 12.2 Å². The van der Waals surface area contributed by atoms with Crippen molar-refractivity contribution in [1.82, 2.24) is 10.9 Å². The van der Waals surface area contributed by atoms with Crippen LogP contribution in [0.15, 0.2) is 48.5 Å². The number of unbranched alkanes of at least 4 members (excludes halogenated alkanes) is 2. The standard InChI is InChI=1S/C23H29N3O4/c1-3-5-11-21(27)24-18-14-12-17(13-15-18)22(28)25-26-23(29)19-9-7-8-10-20(19)30-16-6-4-2/h7-10,12-15H,3-6,11,16H2,1-2H3,(H,24,27)(H,25,28)(H,26,29). The summed E-state index contributed by atoms with van der Waals surface area (Å²) in [6, 6.07) is 13.3. The van der Waals surface area contributed by atoms with Crippen molar-refractivity contribution in [1.29, 1.82) is 0 Å². The molecule has 0 aromatic heterocycles. The lowest BCUT2D eigenvalue weighted by molar-refractivity contribution is -0.116. The molecule has 7 nitrogen and oxygen atoms in total. The van der Waals surface area contributed by atoms with Crippen LogP contribution in [0.4, 0.5) is 5.69 Å². The number of carbonyl (C=O) groups excluding carboxylic acids is 3. The number of hydrazine groups is 1. The van der Waals surface area contributed by atoms with Crippen molar-refractivity contribution < 1.29 is 19.1 Å². The van der Waals surface area contributed by atoms with Crippen molar-refractivity contribution in [3.63, 3.8) is 0 Å². The number of para-hydroxylation sites is 1. The molecule has 0 saturated carbocycles. The van der Waals surface area contributed by atoms with E-state index in [0.29, 0.717) is 35.6 Å². The van der Waals surface area contributed by atoms with Gasteiger partial charge in [-0.25, -0.2) is 0 Å². The number of hydrogen-bond acceptors (Lipinski definition) is 4. The lowest BCUT2D eigenvalue weighted by Crippen LogP contribution is -2.41. The van der Waals surface area contributed by atoms with E-state index in [9.17, 15) is 14.4 Å². The molecule has 0 aliphatic heterocycles. The summed E-state index contributed by atoms with van der Waals surface area (Å²) in [5, 5.41) is 2.79. The molecule has 2 aromatic carbocycles. The van der Waals surface area contributed by atoms with Crippen molar-refractivity contribution in [2.45, 2.75) is 46.0 Å². The molecule has 2 rings (SSSR count). The molecule has 3 amide bonds. The number of carbonyl (C=O) groups is 3. The van der Waals surface area contributed by atoms with E-state index in [-0.39, 0.29) is 5.91 Å². The maximum Gasteiger partial charge on any atom is 0.273 e. The van der Waals surface area contributed by atoms with Gasteiger partial charge in [-0.15, -0.1) is 0 Å². The van der Waals surface area contributed by atoms with Crippen LogP contribution in [-0.4, -0.2) is 24.3 Å². The summed E-state index contributed by atoms with van der Waals surface area (Å²) in [4.78, 5) is 36.5. The van der Waals surface area contributed by atoms with Gasteiger partial charge in [-0.1, -0.05) is 38.8 Å². The molecule has 7 heteroatoms. The maximum absolute atomic E-state index is 12.4. The third-order valence-corrected chi connectivity index (χ3v) is 4.36. The van der Waals surface area contributed by atoms with Crippen LogP contribution in [0.2, 0.25) is 0 Å². The van der Waals surface area contributed by atoms with Crippen LogP contribution < -0.4 is 20.9 Å². The van der Waals surface area contributed by atoms with Crippen LogP contribution in [0.1, 0.15) is 66.7 Å². The molecule has 0 radical (unpaired) electrons. The topological polar surface area (TPSA) is 96.5 Å². The first-order valence-electron chi connectivity index (χ1n) is 10.3. The minimum atomic E-state index is -0.463. The lowest BCUT2D eigenvalue weighted by Gasteiger charge is -2.12. The van der Waals surface area contributed by atoms with Gasteiger partial charge in [0.1, 0.15) is 5.75 Å². The number of rotatable bonds is 10. The second kappa shape index (κ2) is 12.3. The largest absolute Gasteiger partial charge is 0.493 e. The Balaban J connectivity index is 1.89. The zero-order chi connectivity index (χ0) is 21.8. The monoisotopic (exact) mass is 411 g/mol. The van der Waals surface area contributed by atoms with Crippen molar-refractivity contribution in [3.8, 4) is 5.75 Å². The molecule has 0 bridgehead atoms. The van der Waals surface area contributed by atoms with Gasteiger partial charge in [-0.05, 0) is 49.2 Å². The Morgan fingerprint density at radius 3 is 2.20 bits per heavy atom. The first-order valence-corrected chi connectivity index (χ1v) is 10.3. The molecule has 0 aliphatic carbocycles. The third kappa shape index (κ3) is 7.24. The van der Waals surface area contributed by atoms with Gasteiger partial charge in [0.15, 0.2) is 0 Å². The molecule has 160 valence electrons.